The van der Waals surface area contributed by atoms with E-state index in [-0.39, 0.29) is 12.4 Å². The maximum absolute atomic E-state index is 13.9. The van der Waals surface area contributed by atoms with Crippen molar-refractivity contribution in [1.82, 2.24) is 5.32 Å². The van der Waals surface area contributed by atoms with Crippen LogP contribution in [0.15, 0.2) is 42.5 Å². The first-order valence-corrected chi connectivity index (χ1v) is 6.60. The summed E-state index contributed by atoms with van der Waals surface area (Å²) in [5.41, 5.74) is 1.49. The topological polar surface area (TPSA) is 41.5 Å². The average molecular weight is 275 g/mol. The zero-order chi connectivity index (χ0) is 14.4. The molecular formula is C16H18FNO2. The second-order valence-corrected chi connectivity index (χ2v) is 4.42. The minimum Gasteiger partial charge on any atom is -0.454 e. The Balaban J connectivity index is 2.27. The Morgan fingerprint density at radius 3 is 2.75 bits per heavy atom. The van der Waals surface area contributed by atoms with E-state index in [9.17, 15) is 4.39 Å². The van der Waals surface area contributed by atoms with Gasteiger partial charge in [0.05, 0.1) is 6.61 Å². The first kappa shape index (κ1) is 14.5. The highest BCUT2D eigenvalue weighted by Gasteiger charge is 2.10. The molecule has 0 aliphatic rings. The van der Waals surface area contributed by atoms with E-state index in [2.05, 4.69) is 5.32 Å². The molecule has 0 unspecified atom stereocenters. The number of rotatable bonds is 6. The summed E-state index contributed by atoms with van der Waals surface area (Å²) in [6.07, 6.45) is 0. The van der Waals surface area contributed by atoms with Crippen LogP contribution in [0.3, 0.4) is 0 Å². The molecular weight excluding hydrogens is 257 g/mol. The summed E-state index contributed by atoms with van der Waals surface area (Å²) in [6, 6.07) is 11.9. The summed E-state index contributed by atoms with van der Waals surface area (Å²) in [5.74, 6) is 0.345. The Hall–Kier alpha value is -1.91. The Morgan fingerprint density at radius 1 is 1.20 bits per heavy atom. The van der Waals surface area contributed by atoms with Crippen molar-refractivity contribution in [1.29, 1.82) is 0 Å². The number of hydrogen-bond acceptors (Lipinski definition) is 3. The van der Waals surface area contributed by atoms with Crippen molar-refractivity contribution >= 4 is 0 Å². The van der Waals surface area contributed by atoms with Crippen molar-refractivity contribution in [2.24, 2.45) is 0 Å². The lowest BCUT2D eigenvalue weighted by Gasteiger charge is -2.13. The van der Waals surface area contributed by atoms with Gasteiger partial charge >= 0.3 is 0 Å². The van der Waals surface area contributed by atoms with Crippen LogP contribution < -0.4 is 10.1 Å². The van der Waals surface area contributed by atoms with Gasteiger partial charge in [0.15, 0.2) is 11.6 Å². The SMILES string of the molecule is CCNCc1cccc(F)c1Oc1cccc(CO)c1. The maximum Gasteiger partial charge on any atom is 0.167 e. The fourth-order valence-electron chi connectivity index (χ4n) is 1.89. The lowest BCUT2D eigenvalue weighted by Crippen LogP contribution is -2.12. The monoisotopic (exact) mass is 275 g/mol. The van der Waals surface area contributed by atoms with Crippen molar-refractivity contribution in [3.63, 3.8) is 0 Å². The molecule has 4 heteroatoms. The molecule has 0 aliphatic carbocycles. The Bertz CT molecular complexity index is 572. The van der Waals surface area contributed by atoms with Crippen molar-refractivity contribution < 1.29 is 14.2 Å². The summed E-state index contributed by atoms with van der Waals surface area (Å²) in [7, 11) is 0. The fraction of sp³-hybridized carbons (Fsp3) is 0.250. The van der Waals surface area contributed by atoms with Crippen molar-refractivity contribution in [2.45, 2.75) is 20.1 Å². The Kier molecular flexibility index (Phi) is 5.09. The Labute approximate surface area is 118 Å². The van der Waals surface area contributed by atoms with Gasteiger partial charge in [-0.15, -0.1) is 0 Å². The molecule has 2 aromatic carbocycles. The lowest BCUT2D eigenvalue weighted by atomic mass is 10.2. The van der Waals surface area contributed by atoms with Crippen LogP contribution in [0.5, 0.6) is 11.5 Å². The van der Waals surface area contributed by atoms with Gasteiger partial charge in [0, 0.05) is 12.1 Å². The molecule has 0 atom stereocenters. The van der Waals surface area contributed by atoms with Gasteiger partial charge in [-0.1, -0.05) is 31.2 Å². The van der Waals surface area contributed by atoms with E-state index in [0.29, 0.717) is 12.3 Å². The first-order chi connectivity index (χ1) is 9.74. The number of halogens is 1. The summed E-state index contributed by atoms with van der Waals surface area (Å²) < 4.78 is 19.6. The number of hydrogen-bond donors (Lipinski definition) is 2. The number of benzene rings is 2. The van der Waals surface area contributed by atoms with Crippen LogP contribution in [0, 0.1) is 5.82 Å². The molecule has 20 heavy (non-hydrogen) atoms. The largest absolute Gasteiger partial charge is 0.454 e. The molecule has 2 rings (SSSR count). The minimum absolute atomic E-state index is 0.0707. The predicted octanol–water partition coefficient (Wildman–Crippen LogP) is 3.22. The van der Waals surface area contributed by atoms with E-state index in [1.807, 2.05) is 13.0 Å². The number of ether oxygens (including phenoxy) is 1. The third-order valence-electron chi connectivity index (χ3n) is 2.91. The molecule has 0 aliphatic heterocycles. The molecule has 0 fully saturated rings. The zero-order valence-corrected chi connectivity index (χ0v) is 11.4. The van der Waals surface area contributed by atoms with E-state index in [0.717, 1.165) is 17.7 Å². The molecule has 2 N–H and O–H groups in total. The lowest BCUT2D eigenvalue weighted by molar-refractivity contribution is 0.281. The third kappa shape index (κ3) is 3.56. The molecule has 0 saturated carbocycles. The number of aliphatic hydroxyl groups excluding tert-OH is 1. The molecule has 0 aromatic heterocycles. The van der Waals surface area contributed by atoms with Crippen LogP contribution in [0.25, 0.3) is 0 Å². The van der Waals surface area contributed by atoms with Gasteiger partial charge in [-0.2, -0.15) is 0 Å². The minimum atomic E-state index is -0.394. The van der Waals surface area contributed by atoms with Crippen LogP contribution in [0.2, 0.25) is 0 Å². The van der Waals surface area contributed by atoms with Gasteiger partial charge in [0.2, 0.25) is 0 Å². The predicted molar refractivity (Wildman–Crippen MR) is 76.2 cm³/mol. The van der Waals surface area contributed by atoms with Crippen LogP contribution in [-0.2, 0) is 13.2 Å². The summed E-state index contributed by atoms with van der Waals surface area (Å²) in [6.45, 7) is 3.27. The number of para-hydroxylation sites is 1. The van der Waals surface area contributed by atoms with Crippen molar-refractivity contribution in [2.75, 3.05) is 6.54 Å². The van der Waals surface area contributed by atoms with Gasteiger partial charge < -0.3 is 15.2 Å². The smallest absolute Gasteiger partial charge is 0.167 e. The summed E-state index contributed by atoms with van der Waals surface area (Å²) in [5, 5.41) is 12.3. The van der Waals surface area contributed by atoms with Gasteiger partial charge in [-0.25, -0.2) is 4.39 Å². The standard InChI is InChI=1S/C16H18FNO2/c1-2-18-10-13-6-4-8-15(17)16(13)20-14-7-3-5-12(9-14)11-19/h3-9,18-19H,2,10-11H2,1H3. The first-order valence-electron chi connectivity index (χ1n) is 6.60. The van der Waals surface area contributed by atoms with Gasteiger partial charge in [-0.3, -0.25) is 0 Å². The van der Waals surface area contributed by atoms with Crippen LogP contribution >= 0.6 is 0 Å². The van der Waals surface area contributed by atoms with Crippen LogP contribution in [-0.4, -0.2) is 11.7 Å². The fourth-order valence-corrected chi connectivity index (χ4v) is 1.89. The van der Waals surface area contributed by atoms with Gasteiger partial charge in [0.25, 0.3) is 0 Å². The average Bonchev–Trinajstić information content (AvgIpc) is 2.48. The highest BCUT2D eigenvalue weighted by atomic mass is 19.1. The highest BCUT2D eigenvalue weighted by molar-refractivity contribution is 5.40. The van der Waals surface area contributed by atoms with E-state index < -0.39 is 5.82 Å². The highest BCUT2D eigenvalue weighted by Crippen LogP contribution is 2.29. The van der Waals surface area contributed by atoms with E-state index in [4.69, 9.17) is 9.84 Å². The molecule has 0 spiro atoms. The second kappa shape index (κ2) is 7.03. The quantitative estimate of drug-likeness (QED) is 0.850. The number of nitrogens with one attached hydrogen (secondary N) is 1. The van der Waals surface area contributed by atoms with Crippen molar-refractivity contribution in [3.05, 3.63) is 59.4 Å². The molecule has 0 radical (unpaired) electrons. The van der Waals surface area contributed by atoms with E-state index in [1.54, 1.807) is 30.3 Å². The van der Waals surface area contributed by atoms with Gasteiger partial charge in [-0.05, 0) is 30.3 Å². The second-order valence-electron chi connectivity index (χ2n) is 4.42. The van der Waals surface area contributed by atoms with E-state index in [1.165, 1.54) is 6.07 Å². The summed E-state index contributed by atoms with van der Waals surface area (Å²) in [4.78, 5) is 0. The number of aliphatic hydroxyl groups is 1. The molecule has 3 nitrogen and oxygen atoms in total. The normalized spacial score (nSPS) is 10.6. The molecule has 0 heterocycles. The Morgan fingerprint density at radius 2 is 2.00 bits per heavy atom. The van der Waals surface area contributed by atoms with Gasteiger partial charge in [0.1, 0.15) is 5.75 Å². The zero-order valence-electron chi connectivity index (χ0n) is 11.4. The molecule has 0 bridgehead atoms. The molecule has 2 aromatic rings. The third-order valence-corrected chi connectivity index (χ3v) is 2.91. The summed E-state index contributed by atoms with van der Waals surface area (Å²) >= 11 is 0. The maximum atomic E-state index is 13.9. The van der Waals surface area contributed by atoms with Crippen LogP contribution in [0.1, 0.15) is 18.1 Å². The van der Waals surface area contributed by atoms with Crippen LogP contribution in [0.4, 0.5) is 4.39 Å². The van der Waals surface area contributed by atoms with E-state index >= 15 is 0 Å². The van der Waals surface area contributed by atoms with Crippen molar-refractivity contribution in [3.8, 4) is 11.5 Å². The molecule has 106 valence electrons. The molecule has 0 saturated heterocycles. The molecule has 0 amide bonds.